The van der Waals surface area contributed by atoms with E-state index >= 15 is 0 Å². The van der Waals surface area contributed by atoms with Crippen LogP contribution in [0.2, 0.25) is 0 Å². The van der Waals surface area contributed by atoms with Gasteiger partial charge in [-0.15, -0.1) is 0 Å². The van der Waals surface area contributed by atoms with Gasteiger partial charge in [0.05, 0.1) is 6.54 Å². The third-order valence-electron chi connectivity index (χ3n) is 4.26. The number of carbonyl (C=O) groups is 1. The van der Waals surface area contributed by atoms with Crippen LogP contribution < -0.4 is 5.32 Å². The second-order valence-electron chi connectivity index (χ2n) is 5.35. The minimum absolute atomic E-state index is 0.190. The minimum Gasteiger partial charge on any atom is -0.345 e. The predicted octanol–water partition coefficient (Wildman–Crippen LogP) is 1.17. The lowest BCUT2D eigenvalue weighted by atomic mass is 9.90. The van der Waals surface area contributed by atoms with Crippen molar-refractivity contribution in [3.8, 4) is 0 Å². The number of likely N-dealkylation sites (N-methyl/N-ethyl adjacent to an activating group) is 1. The molecule has 1 amide bonds. The minimum atomic E-state index is 0.190. The van der Waals surface area contributed by atoms with Gasteiger partial charge in [-0.1, -0.05) is 6.92 Å². The molecule has 0 bridgehead atoms. The Labute approximate surface area is 112 Å². The quantitative estimate of drug-likeness (QED) is 0.774. The molecule has 106 valence electrons. The van der Waals surface area contributed by atoms with E-state index in [9.17, 15) is 4.79 Å². The lowest BCUT2D eigenvalue weighted by Crippen LogP contribution is -2.45. The van der Waals surface area contributed by atoms with E-state index in [0.29, 0.717) is 18.5 Å². The lowest BCUT2D eigenvalue weighted by Gasteiger charge is -2.34. The molecule has 1 aliphatic heterocycles. The number of nitrogens with zero attached hydrogens (tertiary/aromatic N) is 2. The van der Waals surface area contributed by atoms with Crippen molar-refractivity contribution in [1.82, 2.24) is 15.1 Å². The third-order valence-corrected chi connectivity index (χ3v) is 4.26. The molecule has 1 unspecified atom stereocenters. The summed E-state index contributed by atoms with van der Waals surface area (Å²) in [4.78, 5) is 16.0. The summed E-state index contributed by atoms with van der Waals surface area (Å²) in [5.41, 5.74) is 0. The van der Waals surface area contributed by atoms with Gasteiger partial charge in [-0.25, -0.2) is 0 Å². The molecule has 4 heteroatoms. The summed E-state index contributed by atoms with van der Waals surface area (Å²) < 4.78 is 0. The highest BCUT2D eigenvalue weighted by molar-refractivity contribution is 5.77. The average molecular weight is 255 g/mol. The van der Waals surface area contributed by atoms with Gasteiger partial charge in [0.1, 0.15) is 0 Å². The number of carbonyl (C=O) groups excluding carboxylic acids is 1. The van der Waals surface area contributed by atoms with E-state index in [-0.39, 0.29) is 5.91 Å². The standard InChI is InChI=1S/C14H29N3O/c1-5-16(4)14(18)11-15-12(3)13-7-9-17(6-2)10-8-13/h12-13,15H,5-11H2,1-4H3. The van der Waals surface area contributed by atoms with Gasteiger partial charge in [0.15, 0.2) is 0 Å². The molecule has 1 heterocycles. The van der Waals surface area contributed by atoms with Gasteiger partial charge in [-0.3, -0.25) is 4.79 Å². The van der Waals surface area contributed by atoms with Crippen LogP contribution in [0.3, 0.4) is 0 Å². The van der Waals surface area contributed by atoms with Gasteiger partial charge in [-0.2, -0.15) is 0 Å². The number of amides is 1. The highest BCUT2D eigenvalue weighted by Crippen LogP contribution is 2.20. The molecule has 18 heavy (non-hydrogen) atoms. The molecule has 0 saturated carbocycles. The van der Waals surface area contributed by atoms with E-state index < -0.39 is 0 Å². The number of hydrogen-bond acceptors (Lipinski definition) is 3. The Morgan fingerprint density at radius 1 is 1.39 bits per heavy atom. The fourth-order valence-electron chi connectivity index (χ4n) is 2.50. The van der Waals surface area contributed by atoms with Crippen LogP contribution in [0.1, 0.15) is 33.6 Å². The Morgan fingerprint density at radius 2 is 2.00 bits per heavy atom. The second-order valence-corrected chi connectivity index (χ2v) is 5.35. The molecule has 0 aromatic rings. The van der Waals surface area contributed by atoms with Gasteiger partial charge in [0.2, 0.25) is 5.91 Å². The number of piperidine rings is 1. The number of nitrogens with one attached hydrogen (secondary N) is 1. The Hall–Kier alpha value is -0.610. The zero-order chi connectivity index (χ0) is 13.5. The Balaban J connectivity index is 2.25. The molecule has 1 rings (SSSR count). The summed E-state index contributed by atoms with van der Waals surface area (Å²) >= 11 is 0. The van der Waals surface area contributed by atoms with Crippen molar-refractivity contribution in [3.05, 3.63) is 0 Å². The first-order chi connectivity index (χ1) is 8.58. The molecule has 0 aromatic carbocycles. The first kappa shape index (κ1) is 15.4. The maximum Gasteiger partial charge on any atom is 0.236 e. The summed E-state index contributed by atoms with van der Waals surface area (Å²) in [6.45, 7) is 11.3. The first-order valence-electron chi connectivity index (χ1n) is 7.28. The summed E-state index contributed by atoms with van der Waals surface area (Å²) in [5.74, 6) is 0.905. The zero-order valence-corrected chi connectivity index (χ0v) is 12.4. The average Bonchev–Trinajstić information content (AvgIpc) is 2.43. The Bertz CT molecular complexity index is 249. The monoisotopic (exact) mass is 255 g/mol. The molecule has 1 saturated heterocycles. The molecule has 0 radical (unpaired) electrons. The van der Waals surface area contributed by atoms with Gasteiger partial charge in [0.25, 0.3) is 0 Å². The maximum atomic E-state index is 11.7. The van der Waals surface area contributed by atoms with Crippen LogP contribution in [0.15, 0.2) is 0 Å². The molecule has 0 aliphatic carbocycles. The van der Waals surface area contributed by atoms with E-state index in [1.54, 1.807) is 4.90 Å². The molecule has 1 fully saturated rings. The Kier molecular flexibility index (Phi) is 6.65. The van der Waals surface area contributed by atoms with Crippen molar-refractivity contribution in [3.63, 3.8) is 0 Å². The number of likely N-dealkylation sites (tertiary alicyclic amines) is 1. The van der Waals surface area contributed by atoms with E-state index in [2.05, 4.69) is 24.1 Å². The summed E-state index contributed by atoms with van der Waals surface area (Å²) in [6.07, 6.45) is 2.50. The van der Waals surface area contributed by atoms with Gasteiger partial charge >= 0.3 is 0 Å². The van der Waals surface area contributed by atoms with Crippen LogP contribution >= 0.6 is 0 Å². The van der Waals surface area contributed by atoms with E-state index in [1.807, 2.05) is 14.0 Å². The van der Waals surface area contributed by atoms with Crippen LogP contribution in [0.25, 0.3) is 0 Å². The van der Waals surface area contributed by atoms with E-state index in [0.717, 1.165) is 13.1 Å². The lowest BCUT2D eigenvalue weighted by molar-refractivity contribution is -0.128. The van der Waals surface area contributed by atoms with Crippen LogP contribution in [-0.2, 0) is 4.79 Å². The first-order valence-corrected chi connectivity index (χ1v) is 7.28. The summed E-state index contributed by atoms with van der Waals surface area (Å²) in [6, 6.07) is 0.443. The highest BCUT2D eigenvalue weighted by atomic mass is 16.2. The van der Waals surface area contributed by atoms with Crippen LogP contribution in [-0.4, -0.2) is 61.5 Å². The molecule has 1 aliphatic rings. The van der Waals surface area contributed by atoms with Gasteiger partial charge < -0.3 is 15.1 Å². The fourth-order valence-corrected chi connectivity index (χ4v) is 2.50. The van der Waals surface area contributed by atoms with Crippen molar-refractivity contribution in [1.29, 1.82) is 0 Å². The van der Waals surface area contributed by atoms with Crippen LogP contribution in [0.4, 0.5) is 0 Å². The van der Waals surface area contributed by atoms with Gasteiger partial charge in [-0.05, 0) is 52.2 Å². The zero-order valence-electron chi connectivity index (χ0n) is 12.4. The maximum absolute atomic E-state index is 11.7. The van der Waals surface area contributed by atoms with Gasteiger partial charge in [0, 0.05) is 19.6 Å². The van der Waals surface area contributed by atoms with Crippen molar-refractivity contribution >= 4 is 5.91 Å². The van der Waals surface area contributed by atoms with Crippen molar-refractivity contribution in [2.24, 2.45) is 5.92 Å². The molecule has 0 aromatic heterocycles. The number of rotatable bonds is 6. The van der Waals surface area contributed by atoms with E-state index in [4.69, 9.17) is 0 Å². The normalized spacial score (nSPS) is 19.8. The van der Waals surface area contributed by atoms with Crippen LogP contribution in [0.5, 0.6) is 0 Å². The second kappa shape index (κ2) is 7.74. The molecule has 4 nitrogen and oxygen atoms in total. The van der Waals surface area contributed by atoms with Crippen LogP contribution in [0, 0.1) is 5.92 Å². The third kappa shape index (κ3) is 4.58. The van der Waals surface area contributed by atoms with Crippen molar-refractivity contribution in [2.75, 3.05) is 39.8 Å². The molecule has 1 N–H and O–H groups in total. The topological polar surface area (TPSA) is 35.6 Å². The van der Waals surface area contributed by atoms with Crippen molar-refractivity contribution in [2.45, 2.75) is 39.7 Å². The largest absolute Gasteiger partial charge is 0.345 e. The van der Waals surface area contributed by atoms with Crippen molar-refractivity contribution < 1.29 is 4.79 Å². The SMILES string of the molecule is CCN1CCC(C(C)NCC(=O)N(C)CC)CC1. The summed E-state index contributed by atoms with van der Waals surface area (Å²) in [5, 5.41) is 3.39. The van der Waals surface area contributed by atoms with E-state index in [1.165, 1.54) is 25.9 Å². The highest BCUT2D eigenvalue weighted by Gasteiger charge is 2.23. The molecular formula is C14H29N3O. The summed E-state index contributed by atoms with van der Waals surface area (Å²) in [7, 11) is 1.86. The fraction of sp³-hybridized carbons (Fsp3) is 0.929. The predicted molar refractivity (Wildman–Crippen MR) is 75.6 cm³/mol. The molecular weight excluding hydrogens is 226 g/mol. The Morgan fingerprint density at radius 3 is 2.50 bits per heavy atom. The number of hydrogen-bond donors (Lipinski definition) is 1. The smallest absolute Gasteiger partial charge is 0.236 e. The molecule has 0 spiro atoms. The molecule has 1 atom stereocenters.